The first-order chi connectivity index (χ1) is 8.61. The molecule has 0 spiro atoms. The quantitative estimate of drug-likeness (QED) is 0.802. The van der Waals surface area contributed by atoms with E-state index in [9.17, 15) is 4.79 Å². The number of hydrazone groups is 1. The van der Waals surface area contributed by atoms with Crippen molar-refractivity contribution in [2.45, 2.75) is 19.4 Å². The second-order valence-corrected chi connectivity index (χ2v) is 4.64. The Balaban J connectivity index is 2.23. The SMILES string of the molecule is CCOC(=O)C1CC(Cl)=NN1c1ccc(Cl)cc1. The summed E-state index contributed by atoms with van der Waals surface area (Å²) in [6.07, 6.45) is 0.364. The van der Waals surface area contributed by atoms with Gasteiger partial charge in [-0.05, 0) is 31.2 Å². The van der Waals surface area contributed by atoms with E-state index in [2.05, 4.69) is 5.10 Å². The fourth-order valence-electron chi connectivity index (χ4n) is 1.73. The van der Waals surface area contributed by atoms with E-state index in [1.807, 2.05) is 0 Å². The number of rotatable bonds is 3. The van der Waals surface area contributed by atoms with Crippen LogP contribution in [0.5, 0.6) is 0 Å². The van der Waals surface area contributed by atoms with Crippen LogP contribution in [0.2, 0.25) is 5.02 Å². The van der Waals surface area contributed by atoms with Crippen molar-refractivity contribution in [2.75, 3.05) is 11.6 Å². The summed E-state index contributed by atoms with van der Waals surface area (Å²) in [4.78, 5) is 11.8. The molecule has 4 nitrogen and oxygen atoms in total. The Hall–Kier alpha value is -1.26. The van der Waals surface area contributed by atoms with Gasteiger partial charge < -0.3 is 4.74 Å². The molecule has 1 aromatic carbocycles. The van der Waals surface area contributed by atoms with E-state index in [4.69, 9.17) is 27.9 Å². The third kappa shape index (κ3) is 2.76. The average Bonchev–Trinajstić information content (AvgIpc) is 2.73. The van der Waals surface area contributed by atoms with Crippen LogP contribution in [-0.4, -0.2) is 23.8 Å². The minimum atomic E-state index is -0.501. The lowest BCUT2D eigenvalue weighted by molar-refractivity contribution is -0.144. The Labute approximate surface area is 115 Å². The van der Waals surface area contributed by atoms with Gasteiger partial charge in [-0.1, -0.05) is 23.2 Å². The number of halogens is 2. The minimum Gasteiger partial charge on any atom is -0.464 e. The Morgan fingerprint density at radius 3 is 2.72 bits per heavy atom. The van der Waals surface area contributed by atoms with Gasteiger partial charge in [0.2, 0.25) is 0 Å². The third-order valence-electron chi connectivity index (χ3n) is 2.52. The Morgan fingerprint density at radius 1 is 1.44 bits per heavy atom. The number of hydrogen-bond acceptors (Lipinski definition) is 4. The van der Waals surface area contributed by atoms with Crippen molar-refractivity contribution in [3.05, 3.63) is 29.3 Å². The van der Waals surface area contributed by atoms with Crippen molar-refractivity contribution < 1.29 is 9.53 Å². The maximum atomic E-state index is 11.8. The minimum absolute atomic E-state index is 0.327. The topological polar surface area (TPSA) is 41.9 Å². The molecule has 0 aromatic heterocycles. The highest BCUT2D eigenvalue weighted by molar-refractivity contribution is 6.66. The molecule has 0 saturated carbocycles. The Morgan fingerprint density at radius 2 is 2.11 bits per heavy atom. The molecule has 0 radical (unpaired) electrons. The highest BCUT2D eigenvalue weighted by Crippen LogP contribution is 2.27. The highest BCUT2D eigenvalue weighted by Gasteiger charge is 2.34. The first kappa shape index (κ1) is 13.2. The molecule has 2 rings (SSSR count). The summed E-state index contributed by atoms with van der Waals surface area (Å²) in [5.41, 5.74) is 0.758. The van der Waals surface area contributed by atoms with E-state index in [1.165, 1.54) is 0 Å². The van der Waals surface area contributed by atoms with Crippen molar-refractivity contribution in [1.82, 2.24) is 0 Å². The van der Waals surface area contributed by atoms with Crippen molar-refractivity contribution in [1.29, 1.82) is 0 Å². The molecule has 1 heterocycles. The molecule has 96 valence electrons. The monoisotopic (exact) mass is 286 g/mol. The van der Waals surface area contributed by atoms with Crippen LogP contribution in [0.1, 0.15) is 13.3 Å². The molecule has 18 heavy (non-hydrogen) atoms. The Bertz CT molecular complexity index is 473. The van der Waals surface area contributed by atoms with Crippen LogP contribution in [0.3, 0.4) is 0 Å². The van der Waals surface area contributed by atoms with Crippen molar-refractivity contribution in [3.63, 3.8) is 0 Å². The zero-order chi connectivity index (χ0) is 13.1. The van der Waals surface area contributed by atoms with E-state index in [0.717, 1.165) is 5.69 Å². The van der Waals surface area contributed by atoms with Crippen molar-refractivity contribution in [3.8, 4) is 0 Å². The number of nitrogens with zero attached hydrogens (tertiary/aromatic N) is 2. The van der Waals surface area contributed by atoms with Crippen LogP contribution in [0.15, 0.2) is 29.4 Å². The standard InChI is InChI=1S/C12H12Cl2N2O2/c1-2-18-12(17)10-7-11(14)15-16(10)9-5-3-8(13)4-6-9/h3-6,10H,2,7H2,1H3. The van der Waals surface area contributed by atoms with Gasteiger partial charge in [0.05, 0.1) is 12.3 Å². The van der Waals surface area contributed by atoms with Gasteiger partial charge in [0, 0.05) is 11.4 Å². The number of ether oxygens (including phenoxy) is 1. The third-order valence-corrected chi connectivity index (χ3v) is 3.00. The Kier molecular flexibility index (Phi) is 4.09. The van der Waals surface area contributed by atoms with Gasteiger partial charge in [-0.25, -0.2) is 9.80 Å². The molecule has 0 saturated heterocycles. The summed E-state index contributed by atoms with van der Waals surface area (Å²) in [7, 11) is 0. The highest BCUT2D eigenvalue weighted by atomic mass is 35.5. The zero-order valence-corrected chi connectivity index (χ0v) is 11.3. The van der Waals surface area contributed by atoms with Crippen LogP contribution in [0.25, 0.3) is 0 Å². The molecule has 0 fully saturated rings. The predicted octanol–water partition coefficient (Wildman–Crippen LogP) is 3.03. The number of carbonyl (C=O) groups is 1. The lowest BCUT2D eigenvalue weighted by Gasteiger charge is -2.21. The summed E-state index contributed by atoms with van der Waals surface area (Å²) in [6, 6.07) is 6.54. The van der Waals surface area contributed by atoms with E-state index >= 15 is 0 Å². The first-order valence-electron chi connectivity index (χ1n) is 5.56. The summed E-state index contributed by atoms with van der Waals surface area (Å²) in [6.45, 7) is 2.10. The summed E-state index contributed by atoms with van der Waals surface area (Å²) in [5, 5.41) is 6.73. The second kappa shape index (κ2) is 5.59. The van der Waals surface area contributed by atoms with Crippen molar-refractivity contribution >= 4 is 40.0 Å². The maximum Gasteiger partial charge on any atom is 0.331 e. The predicted molar refractivity (Wildman–Crippen MR) is 72.3 cm³/mol. The average molecular weight is 287 g/mol. The fraction of sp³-hybridized carbons (Fsp3) is 0.333. The van der Waals surface area contributed by atoms with E-state index in [0.29, 0.717) is 23.2 Å². The number of esters is 1. The molecular weight excluding hydrogens is 275 g/mol. The van der Waals surface area contributed by atoms with Gasteiger partial charge in [-0.3, -0.25) is 0 Å². The number of carbonyl (C=O) groups excluding carboxylic acids is 1. The van der Waals surface area contributed by atoms with Crippen LogP contribution in [0.4, 0.5) is 5.69 Å². The molecule has 1 atom stereocenters. The summed E-state index contributed by atoms with van der Waals surface area (Å²) < 4.78 is 5.01. The van der Waals surface area contributed by atoms with Gasteiger partial charge in [0.15, 0.2) is 6.04 Å². The molecule has 1 aliphatic rings. The fourth-order valence-corrected chi connectivity index (χ4v) is 2.08. The number of hydrogen-bond donors (Lipinski definition) is 0. The van der Waals surface area contributed by atoms with E-state index < -0.39 is 6.04 Å². The van der Waals surface area contributed by atoms with Gasteiger partial charge in [-0.2, -0.15) is 5.10 Å². The summed E-state index contributed by atoms with van der Waals surface area (Å²) >= 11 is 11.7. The molecule has 1 unspecified atom stereocenters. The lowest BCUT2D eigenvalue weighted by atomic mass is 10.2. The van der Waals surface area contributed by atoms with E-state index in [1.54, 1.807) is 36.2 Å². The number of benzene rings is 1. The molecule has 1 aliphatic heterocycles. The van der Waals surface area contributed by atoms with Crippen LogP contribution >= 0.6 is 23.2 Å². The van der Waals surface area contributed by atoms with Gasteiger partial charge in [-0.15, -0.1) is 0 Å². The maximum absolute atomic E-state index is 11.8. The zero-order valence-electron chi connectivity index (χ0n) is 9.77. The van der Waals surface area contributed by atoms with Crippen LogP contribution in [0, 0.1) is 0 Å². The molecule has 0 bridgehead atoms. The first-order valence-corrected chi connectivity index (χ1v) is 6.32. The van der Waals surface area contributed by atoms with Gasteiger partial charge in [0.25, 0.3) is 0 Å². The summed E-state index contributed by atoms with van der Waals surface area (Å²) in [5.74, 6) is -0.327. The van der Waals surface area contributed by atoms with Crippen LogP contribution < -0.4 is 5.01 Å². The van der Waals surface area contributed by atoms with Gasteiger partial charge >= 0.3 is 5.97 Å². The molecule has 0 N–H and O–H groups in total. The molecule has 0 aliphatic carbocycles. The van der Waals surface area contributed by atoms with Crippen LogP contribution in [-0.2, 0) is 9.53 Å². The molecule has 1 aromatic rings. The van der Waals surface area contributed by atoms with Gasteiger partial charge in [0.1, 0.15) is 5.17 Å². The molecular formula is C12H12Cl2N2O2. The molecule has 0 amide bonds. The smallest absolute Gasteiger partial charge is 0.331 e. The lowest BCUT2D eigenvalue weighted by Crippen LogP contribution is -2.35. The van der Waals surface area contributed by atoms with E-state index in [-0.39, 0.29) is 5.97 Å². The largest absolute Gasteiger partial charge is 0.464 e. The van der Waals surface area contributed by atoms with Crippen molar-refractivity contribution in [2.24, 2.45) is 5.10 Å². The normalized spacial score (nSPS) is 18.7. The molecule has 6 heteroatoms. The second-order valence-electron chi connectivity index (χ2n) is 3.77. The number of anilines is 1.